The summed E-state index contributed by atoms with van der Waals surface area (Å²) in [5.74, 6) is 0.658. The van der Waals surface area contributed by atoms with Crippen molar-refractivity contribution in [1.29, 1.82) is 0 Å². The molecule has 0 saturated carbocycles. The van der Waals surface area contributed by atoms with Crippen LogP contribution in [0.2, 0.25) is 0 Å². The Balaban J connectivity index is 1.74. The fourth-order valence-corrected chi connectivity index (χ4v) is 4.02. The molecule has 0 aliphatic rings. The Labute approximate surface area is 224 Å². The van der Waals surface area contributed by atoms with E-state index in [1.807, 2.05) is 13.8 Å². The Bertz CT molecular complexity index is 1620. The number of fused-ring (bicyclic) bond motifs is 1. The minimum atomic E-state index is -0.538. The van der Waals surface area contributed by atoms with Crippen LogP contribution in [-0.4, -0.2) is 25.7 Å². The van der Waals surface area contributed by atoms with Gasteiger partial charge < -0.3 is 4.74 Å². The second kappa shape index (κ2) is 11.3. The maximum Gasteiger partial charge on any atom is 0.282 e. The van der Waals surface area contributed by atoms with Gasteiger partial charge in [-0.25, -0.2) is 4.98 Å². The topological polar surface area (TPSA) is 143 Å². The highest BCUT2D eigenvalue weighted by molar-refractivity contribution is 9.10. The molecule has 1 heterocycles. The van der Waals surface area contributed by atoms with Crippen LogP contribution in [0.5, 0.6) is 5.75 Å². The molecule has 0 spiro atoms. The lowest BCUT2D eigenvalue weighted by molar-refractivity contribution is -0.385. The van der Waals surface area contributed by atoms with Crippen LogP contribution in [-0.2, 0) is 6.61 Å². The molecule has 4 aromatic rings. The third-order valence-electron chi connectivity index (χ3n) is 5.94. The molecule has 0 N–H and O–H groups in total. The number of aromatic nitrogens is 2. The van der Waals surface area contributed by atoms with Gasteiger partial charge in [0.1, 0.15) is 18.2 Å². The van der Waals surface area contributed by atoms with Crippen LogP contribution in [0.25, 0.3) is 10.9 Å². The number of non-ortho nitro benzene ring substituents is 2. The summed E-state index contributed by atoms with van der Waals surface area (Å²) in [7, 11) is 0. The minimum absolute atomic E-state index is 0.0458. The van der Waals surface area contributed by atoms with E-state index < -0.39 is 9.85 Å². The number of nitro groups is 2. The molecule has 1 aromatic heterocycles. The van der Waals surface area contributed by atoms with Crippen LogP contribution in [0.3, 0.4) is 0 Å². The largest absolute Gasteiger partial charge is 0.488 e. The molecule has 11 nitrogen and oxygen atoms in total. The third-order valence-corrected chi connectivity index (χ3v) is 6.44. The lowest BCUT2D eigenvalue weighted by Gasteiger charge is -2.14. The van der Waals surface area contributed by atoms with Crippen molar-refractivity contribution >= 4 is 44.4 Å². The van der Waals surface area contributed by atoms with Crippen molar-refractivity contribution in [3.05, 3.63) is 113 Å². The van der Waals surface area contributed by atoms with E-state index in [1.165, 1.54) is 41.2 Å². The average Bonchev–Trinajstić information content (AvgIpc) is 2.91. The van der Waals surface area contributed by atoms with Crippen LogP contribution in [0, 0.1) is 20.2 Å². The number of hydrogen-bond acceptors (Lipinski definition) is 8. The summed E-state index contributed by atoms with van der Waals surface area (Å²) in [6, 6.07) is 15.1. The molecule has 0 saturated heterocycles. The number of nitrogens with zero attached hydrogens (tertiary/aromatic N) is 5. The smallest absolute Gasteiger partial charge is 0.282 e. The number of hydrogen-bond donors (Lipinski definition) is 0. The molecule has 0 aliphatic heterocycles. The van der Waals surface area contributed by atoms with Crippen LogP contribution in [0.1, 0.15) is 43.1 Å². The molecule has 12 heteroatoms. The first-order chi connectivity index (χ1) is 18.2. The molecule has 0 unspecified atom stereocenters. The quantitative estimate of drug-likeness (QED) is 0.135. The van der Waals surface area contributed by atoms with Gasteiger partial charge in [-0.3, -0.25) is 25.0 Å². The molecule has 0 fully saturated rings. The molecular weight excluding hydrogens is 558 g/mol. The highest BCUT2D eigenvalue weighted by Gasteiger charge is 2.17. The fourth-order valence-electron chi connectivity index (χ4n) is 3.66. The van der Waals surface area contributed by atoms with Crippen molar-refractivity contribution in [2.45, 2.75) is 32.8 Å². The SMILES string of the molecule is CC[C@H](C)c1nc2ccc(Br)cc2c(=O)n1N=Cc1cc([N+](=O)[O-])ccc1OCc1ccc([N+](=O)[O-])cc1. The fraction of sp³-hybridized carbons (Fsp3) is 0.192. The Morgan fingerprint density at radius 2 is 1.74 bits per heavy atom. The molecule has 194 valence electrons. The molecule has 0 amide bonds. The number of nitro benzene ring substituents is 2. The van der Waals surface area contributed by atoms with E-state index in [0.717, 1.165) is 4.47 Å². The van der Waals surface area contributed by atoms with E-state index in [-0.39, 0.29) is 40.8 Å². The van der Waals surface area contributed by atoms with Crippen molar-refractivity contribution in [2.75, 3.05) is 0 Å². The minimum Gasteiger partial charge on any atom is -0.488 e. The summed E-state index contributed by atoms with van der Waals surface area (Å²) in [4.78, 5) is 39.3. The summed E-state index contributed by atoms with van der Waals surface area (Å²) in [5.41, 5.74) is 0.887. The Morgan fingerprint density at radius 3 is 2.39 bits per heavy atom. The highest BCUT2D eigenvalue weighted by atomic mass is 79.9. The number of rotatable bonds is 9. The monoisotopic (exact) mass is 579 g/mol. The highest BCUT2D eigenvalue weighted by Crippen LogP contribution is 2.25. The van der Waals surface area contributed by atoms with Crippen molar-refractivity contribution in [1.82, 2.24) is 9.66 Å². The second-order valence-electron chi connectivity index (χ2n) is 8.49. The number of halogens is 1. The van der Waals surface area contributed by atoms with Gasteiger partial charge in [0.2, 0.25) is 0 Å². The lowest BCUT2D eigenvalue weighted by Crippen LogP contribution is -2.23. The average molecular weight is 580 g/mol. The van der Waals surface area contributed by atoms with Gasteiger partial charge in [-0.05, 0) is 48.4 Å². The standard InChI is InChI=1S/C26H22BrN5O6/c1-3-16(2)25-29-23-10-6-19(27)13-22(23)26(33)30(25)28-14-18-12-21(32(36)37)9-11-24(18)38-15-17-4-7-20(8-5-17)31(34)35/h4-14,16H,3,15H2,1-2H3/t16-/m0/s1. The van der Waals surface area contributed by atoms with Gasteiger partial charge in [-0.15, -0.1) is 0 Å². The van der Waals surface area contributed by atoms with Gasteiger partial charge in [-0.1, -0.05) is 29.8 Å². The molecular formula is C26H22BrN5O6. The van der Waals surface area contributed by atoms with Crippen LogP contribution >= 0.6 is 15.9 Å². The molecule has 3 aromatic carbocycles. The normalized spacial score (nSPS) is 12.1. The zero-order chi connectivity index (χ0) is 27.4. The summed E-state index contributed by atoms with van der Waals surface area (Å²) >= 11 is 3.38. The first-order valence-electron chi connectivity index (χ1n) is 11.6. The molecule has 4 rings (SSSR count). The lowest BCUT2D eigenvalue weighted by atomic mass is 10.1. The Kier molecular flexibility index (Phi) is 7.91. The van der Waals surface area contributed by atoms with Crippen molar-refractivity contribution in [3.8, 4) is 5.75 Å². The molecule has 38 heavy (non-hydrogen) atoms. The zero-order valence-electron chi connectivity index (χ0n) is 20.4. The molecule has 0 bridgehead atoms. The maximum atomic E-state index is 13.4. The van der Waals surface area contributed by atoms with Gasteiger partial charge in [-0.2, -0.15) is 9.78 Å². The zero-order valence-corrected chi connectivity index (χ0v) is 22.0. The number of ether oxygens (including phenoxy) is 1. The van der Waals surface area contributed by atoms with E-state index in [1.54, 1.807) is 30.3 Å². The van der Waals surface area contributed by atoms with Crippen molar-refractivity contribution in [3.63, 3.8) is 0 Å². The van der Waals surface area contributed by atoms with Gasteiger partial charge in [0.05, 0.1) is 27.0 Å². The predicted octanol–water partition coefficient (Wildman–Crippen LogP) is 5.95. The van der Waals surface area contributed by atoms with E-state index >= 15 is 0 Å². The Morgan fingerprint density at radius 1 is 1.05 bits per heavy atom. The van der Waals surface area contributed by atoms with E-state index in [2.05, 4.69) is 26.0 Å². The first kappa shape index (κ1) is 26.6. The van der Waals surface area contributed by atoms with Gasteiger partial charge in [0.25, 0.3) is 16.9 Å². The van der Waals surface area contributed by atoms with E-state index in [4.69, 9.17) is 4.74 Å². The molecule has 1 atom stereocenters. The molecule has 0 radical (unpaired) electrons. The first-order valence-corrected chi connectivity index (χ1v) is 12.4. The van der Waals surface area contributed by atoms with E-state index in [9.17, 15) is 25.0 Å². The second-order valence-corrected chi connectivity index (χ2v) is 9.41. The van der Waals surface area contributed by atoms with E-state index in [0.29, 0.717) is 28.7 Å². The van der Waals surface area contributed by atoms with Gasteiger partial charge in [0, 0.05) is 40.2 Å². The Hall–Kier alpha value is -4.45. The van der Waals surface area contributed by atoms with Crippen molar-refractivity contribution in [2.24, 2.45) is 5.10 Å². The number of benzene rings is 3. The maximum absolute atomic E-state index is 13.4. The summed E-state index contributed by atoms with van der Waals surface area (Å²) in [6.45, 7) is 3.96. The van der Waals surface area contributed by atoms with Gasteiger partial charge >= 0.3 is 0 Å². The van der Waals surface area contributed by atoms with Crippen molar-refractivity contribution < 1.29 is 14.6 Å². The third kappa shape index (κ3) is 5.75. The summed E-state index contributed by atoms with van der Waals surface area (Å²) in [5, 5.41) is 27.1. The van der Waals surface area contributed by atoms with Gasteiger partial charge in [0.15, 0.2) is 0 Å². The predicted molar refractivity (Wildman–Crippen MR) is 146 cm³/mol. The van der Waals surface area contributed by atoms with Crippen LogP contribution in [0.15, 0.2) is 75.0 Å². The van der Waals surface area contributed by atoms with Crippen LogP contribution in [0.4, 0.5) is 11.4 Å². The summed E-state index contributed by atoms with van der Waals surface area (Å²) < 4.78 is 7.80. The molecule has 0 aliphatic carbocycles. The van der Waals surface area contributed by atoms with Crippen LogP contribution < -0.4 is 10.3 Å². The summed E-state index contributed by atoms with van der Waals surface area (Å²) in [6.07, 6.45) is 2.04.